The highest BCUT2D eigenvalue weighted by Gasteiger charge is 2.38. The van der Waals surface area contributed by atoms with E-state index in [9.17, 15) is 18.9 Å². The van der Waals surface area contributed by atoms with E-state index in [0.29, 0.717) is 52.4 Å². The van der Waals surface area contributed by atoms with Crippen molar-refractivity contribution in [2.45, 2.75) is 105 Å². The molecule has 1 heterocycles. The zero-order valence-corrected chi connectivity index (χ0v) is 36.3. The van der Waals surface area contributed by atoms with Crippen LogP contribution in [0.15, 0.2) is 60.7 Å². The molecule has 13 nitrogen and oxygen atoms in total. The molecule has 0 radical (unpaired) electrons. The van der Waals surface area contributed by atoms with Gasteiger partial charge in [0.2, 0.25) is 0 Å². The summed E-state index contributed by atoms with van der Waals surface area (Å²) < 4.78 is 44.6. The third kappa shape index (κ3) is 18.9. The zero-order chi connectivity index (χ0) is 41.6. The molecule has 0 N–H and O–H groups in total. The summed E-state index contributed by atoms with van der Waals surface area (Å²) in [5, 5.41) is 0. The van der Waals surface area contributed by atoms with Gasteiger partial charge in [-0.05, 0) is 80.4 Å². The Balaban J connectivity index is 1.96. The van der Waals surface area contributed by atoms with Crippen LogP contribution >= 0.6 is 7.60 Å². The summed E-state index contributed by atoms with van der Waals surface area (Å²) in [5.74, 6) is -1.79. The minimum atomic E-state index is -3.84. The van der Waals surface area contributed by atoms with E-state index in [1.165, 1.54) is 0 Å². The van der Waals surface area contributed by atoms with Crippen LogP contribution in [0.5, 0.6) is 0 Å². The molecule has 314 valence electrons. The molecule has 0 aromatic heterocycles. The number of hydrogen-bond donors (Lipinski definition) is 0. The highest BCUT2D eigenvalue weighted by atomic mass is 31.2. The SMILES string of the molecule is CC(N1CCN(CC(=O)OC(C)(C)C)CCN(CC(=O)OC(C)(C)C)CCN(CC(=O)OC(C)(C)C)CC1)P(=O)(OCc1ccccc1)OCc1ccccc1. The van der Waals surface area contributed by atoms with Gasteiger partial charge in [-0.3, -0.25) is 38.5 Å². The van der Waals surface area contributed by atoms with Crippen molar-refractivity contribution in [3.8, 4) is 0 Å². The van der Waals surface area contributed by atoms with Crippen LogP contribution < -0.4 is 0 Å². The van der Waals surface area contributed by atoms with Gasteiger partial charge >= 0.3 is 25.5 Å². The van der Waals surface area contributed by atoms with Crippen LogP contribution in [0.3, 0.4) is 0 Å². The number of nitrogens with zero attached hydrogens (tertiary/aromatic N) is 4. The van der Waals surface area contributed by atoms with Crippen molar-refractivity contribution in [2.75, 3.05) is 72.0 Å². The number of rotatable bonds is 14. The van der Waals surface area contributed by atoms with E-state index in [2.05, 4.69) is 4.90 Å². The number of hydrogen-bond acceptors (Lipinski definition) is 13. The third-order valence-electron chi connectivity index (χ3n) is 8.68. The first-order valence-electron chi connectivity index (χ1n) is 19.6. The fourth-order valence-corrected chi connectivity index (χ4v) is 7.80. The average molecular weight is 803 g/mol. The van der Waals surface area contributed by atoms with Crippen molar-refractivity contribution in [1.29, 1.82) is 0 Å². The molecule has 3 rings (SSSR count). The number of benzene rings is 2. The molecule has 0 bridgehead atoms. The molecule has 1 atom stereocenters. The second-order valence-corrected chi connectivity index (χ2v) is 19.7. The fourth-order valence-electron chi connectivity index (χ4n) is 6.00. The Morgan fingerprint density at radius 1 is 0.536 bits per heavy atom. The number of ether oxygens (including phenoxy) is 3. The van der Waals surface area contributed by atoms with Crippen LogP contribution in [0.1, 0.15) is 80.4 Å². The van der Waals surface area contributed by atoms with Gasteiger partial charge in [0.25, 0.3) is 0 Å². The lowest BCUT2D eigenvalue weighted by Crippen LogP contribution is -2.50. The Kier molecular flexibility index (Phi) is 18.2. The molecule has 1 aliphatic rings. The molecule has 2 aromatic carbocycles. The average Bonchev–Trinajstić information content (AvgIpc) is 3.08. The molecule has 1 aliphatic heterocycles. The molecule has 56 heavy (non-hydrogen) atoms. The second-order valence-electron chi connectivity index (χ2n) is 17.3. The van der Waals surface area contributed by atoms with Crippen LogP contribution in [0.25, 0.3) is 0 Å². The lowest BCUT2D eigenvalue weighted by atomic mass is 10.2. The van der Waals surface area contributed by atoms with Gasteiger partial charge in [0.1, 0.15) is 22.6 Å². The van der Waals surface area contributed by atoms with Crippen molar-refractivity contribution < 1.29 is 42.2 Å². The first-order chi connectivity index (χ1) is 26.1. The Morgan fingerprint density at radius 3 is 1.11 bits per heavy atom. The molecule has 1 unspecified atom stereocenters. The number of esters is 3. The van der Waals surface area contributed by atoms with Gasteiger partial charge in [-0.25, -0.2) is 0 Å². The summed E-state index contributed by atoms with van der Waals surface area (Å²) in [5.41, 5.74) is -0.253. The zero-order valence-electron chi connectivity index (χ0n) is 35.5. The van der Waals surface area contributed by atoms with E-state index >= 15 is 0 Å². The Bertz CT molecular complexity index is 1460. The fraction of sp³-hybridized carbons (Fsp3) is 0.643. The van der Waals surface area contributed by atoms with Gasteiger partial charge in [0, 0.05) is 52.4 Å². The van der Waals surface area contributed by atoms with Gasteiger partial charge in [-0.1, -0.05) is 60.7 Å². The quantitative estimate of drug-likeness (QED) is 0.122. The van der Waals surface area contributed by atoms with E-state index in [-0.39, 0.29) is 50.8 Å². The Labute approximate surface area is 335 Å². The van der Waals surface area contributed by atoms with Crippen LogP contribution in [-0.2, 0) is 55.4 Å². The van der Waals surface area contributed by atoms with Crippen molar-refractivity contribution in [2.24, 2.45) is 0 Å². The van der Waals surface area contributed by atoms with Gasteiger partial charge in [0.05, 0.1) is 32.8 Å². The van der Waals surface area contributed by atoms with Gasteiger partial charge in [-0.15, -0.1) is 0 Å². The largest absolute Gasteiger partial charge is 0.459 e. The predicted molar refractivity (Wildman–Crippen MR) is 218 cm³/mol. The molecule has 0 spiro atoms. The van der Waals surface area contributed by atoms with Crippen LogP contribution in [-0.4, -0.2) is 132 Å². The van der Waals surface area contributed by atoms with Crippen molar-refractivity contribution in [3.05, 3.63) is 71.8 Å². The lowest BCUT2D eigenvalue weighted by molar-refractivity contribution is -0.158. The molecule has 2 aromatic rings. The predicted octanol–water partition coefficient (Wildman–Crippen LogP) is 6.21. The maximum atomic E-state index is 15.0. The third-order valence-corrected chi connectivity index (χ3v) is 10.9. The van der Waals surface area contributed by atoms with E-state index in [4.69, 9.17) is 23.3 Å². The topological polar surface area (TPSA) is 127 Å². The normalized spacial score (nSPS) is 17.3. The molecular weight excluding hydrogens is 735 g/mol. The highest BCUT2D eigenvalue weighted by molar-refractivity contribution is 7.54. The van der Waals surface area contributed by atoms with Gasteiger partial charge in [-0.2, -0.15) is 0 Å². The first kappa shape index (κ1) is 47.2. The Hall–Kier alpha value is -3.16. The molecule has 1 saturated heterocycles. The maximum absolute atomic E-state index is 15.0. The van der Waals surface area contributed by atoms with E-state index in [0.717, 1.165) is 11.1 Å². The number of carbonyl (C=O) groups excluding carboxylic acids is 3. The van der Waals surface area contributed by atoms with Crippen LogP contribution in [0, 0.1) is 0 Å². The molecular formula is C42H67N4O9P. The second kappa shape index (κ2) is 21.6. The highest BCUT2D eigenvalue weighted by Crippen LogP contribution is 2.55. The first-order valence-corrected chi connectivity index (χ1v) is 21.2. The summed E-state index contributed by atoms with van der Waals surface area (Å²) in [6.07, 6.45) is 0. The van der Waals surface area contributed by atoms with Gasteiger partial charge in [0.15, 0.2) is 0 Å². The summed E-state index contributed by atoms with van der Waals surface area (Å²) in [6.45, 7) is 22.0. The van der Waals surface area contributed by atoms with E-state index < -0.39 is 30.2 Å². The summed E-state index contributed by atoms with van der Waals surface area (Å²) >= 11 is 0. The standard InChI is InChI=1S/C42H67N4O9P/c1-34(56(50,51-32-35-17-13-11-14-18-35)52-33-36-19-15-12-16-20-36)46-27-25-44(30-38(48)54-41(5,6)7)23-21-43(29-37(47)53-40(2,3)4)22-24-45(26-28-46)31-39(49)55-42(8,9)10/h11-20,34H,21-33H2,1-10H3. The minimum absolute atomic E-state index is 0.0250. The van der Waals surface area contributed by atoms with Crippen molar-refractivity contribution in [3.63, 3.8) is 0 Å². The Morgan fingerprint density at radius 2 is 0.821 bits per heavy atom. The van der Waals surface area contributed by atoms with E-state index in [1.807, 2.05) is 145 Å². The summed E-state index contributed by atoms with van der Waals surface area (Å²) in [7, 11) is -3.84. The van der Waals surface area contributed by atoms with E-state index in [1.54, 1.807) is 0 Å². The van der Waals surface area contributed by atoms with Crippen molar-refractivity contribution in [1.82, 2.24) is 19.6 Å². The number of carbonyl (C=O) groups is 3. The summed E-state index contributed by atoms with van der Waals surface area (Å²) in [4.78, 5) is 47.4. The maximum Gasteiger partial charge on any atom is 0.348 e. The molecule has 1 fully saturated rings. The monoisotopic (exact) mass is 802 g/mol. The molecule has 0 saturated carbocycles. The molecule has 0 aliphatic carbocycles. The lowest BCUT2D eigenvalue weighted by Gasteiger charge is -2.38. The smallest absolute Gasteiger partial charge is 0.348 e. The van der Waals surface area contributed by atoms with Gasteiger partial charge < -0.3 is 23.3 Å². The van der Waals surface area contributed by atoms with Crippen LogP contribution in [0.4, 0.5) is 0 Å². The minimum Gasteiger partial charge on any atom is -0.459 e. The van der Waals surface area contributed by atoms with Crippen LogP contribution in [0.2, 0.25) is 0 Å². The summed E-state index contributed by atoms with van der Waals surface area (Å²) in [6, 6.07) is 19.1. The molecule has 0 amide bonds. The molecule has 14 heteroatoms. The van der Waals surface area contributed by atoms with Crippen molar-refractivity contribution >= 4 is 25.5 Å².